The first-order valence-corrected chi connectivity index (χ1v) is 12.3. The van der Waals surface area contributed by atoms with Crippen LogP contribution in [0.3, 0.4) is 0 Å². The molecule has 0 radical (unpaired) electrons. The van der Waals surface area contributed by atoms with E-state index >= 15 is 0 Å². The Labute approximate surface area is 200 Å². The van der Waals surface area contributed by atoms with Crippen molar-refractivity contribution < 1.29 is 24.2 Å². The summed E-state index contributed by atoms with van der Waals surface area (Å²) in [6.07, 6.45) is 6.18. The molecule has 0 spiro atoms. The lowest BCUT2D eigenvalue weighted by atomic mass is 9.87. The van der Waals surface area contributed by atoms with Crippen LogP contribution < -0.4 is 10.1 Å². The highest BCUT2D eigenvalue weighted by molar-refractivity contribution is 5.96. The van der Waals surface area contributed by atoms with Crippen LogP contribution in [0.25, 0.3) is 0 Å². The third kappa shape index (κ3) is 6.25. The number of hydrogen-bond donors (Lipinski definition) is 2. The predicted molar refractivity (Wildman–Crippen MR) is 130 cm³/mol. The van der Waals surface area contributed by atoms with Crippen LogP contribution in [0.1, 0.15) is 89.1 Å². The van der Waals surface area contributed by atoms with Crippen molar-refractivity contribution >= 4 is 17.7 Å². The van der Waals surface area contributed by atoms with Crippen LogP contribution in [-0.4, -0.2) is 35.4 Å². The summed E-state index contributed by atoms with van der Waals surface area (Å²) in [6, 6.07) is 13.0. The number of benzene rings is 2. The van der Waals surface area contributed by atoms with Crippen molar-refractivity contribution in [3.63, 3.8) is 0 Å². The zero-order chi connectivity index (χ0) is 24.1. The molecule has 0 aliphatic heterocycles. The summed E-state index contributed by atoms with van der Waals surface area (Å²) in [5.41, 5.74) is 3.81. The number of carboxylic acid groups (broad SMARTS) is 1. The lowest BCUT2D eigenvalue weighted by Gasteiger charge is -2.26. The van der Waals surface area contributed by atoms with Crippen LogP contribution in [-0.2, 0) is 4.79 Å². The van der Waals surface area contributed by atoms with E-state index in [0.29, 0.717) is 55.0 Å². The van der Waals surface area contributed by atoms with E-state index in [0.717, 1.165) is 12.8 Å². The van der Waals surface area contributed by atoms with Gasteiger partial charge in [0.2, 0.25) is 0 Å². The van der Waals surface area contributed by atoms with E-state index in [1.807, 2.05) is 12.1 Å². The first kappa shape index (κ1) is 24.0. The molecule has 6 nitrogen and oxygen atoms in total. The van der Waals surface area contributed by atoms with Gasteiger partial charge in [-0.15, -0.1) is 0 Å². The maximum Gasteiger partial charge on any atom is 0.306 e. The van der Waals surface area contributed by atoms with Gasteiger partial charge in [0.1, 0.15) is 5.75 Å². The molecule has 0 atom stereocenters. The van der Waals surface area contributed by atoms with Crippen LogP contribution in [0.5, 0.6) is 5.75 Å². The fraction of sp³-hybridized carbons (Fsp3) is 0.464. The van der Waals surface area contributed by atoms with E-state index in [1.54, 1.807) is 24.3 Å². The van der Waals surface area contributed by atoms with Gasteiger partial charge in [0.05, 0.1) is 12.0 Å². The molecule has 2 aromatic carbocycles. The SMILES string of the molecule is Cc1cc(C(=O)NCCCC(=O)c2ccc(OC3CCC(C(=O)O)CC3)cc2)ccc1C1CC1. The number of carboxylic acids is 1. The lowest BCUT2D eigenvalue weighted by molar-refractivity contribution is -0.143. The van der Waals surface area contributed by atoms with E-state index in [9.17, 15) is 14.4 Å². The maximum atomic E-state index is 12.5. The minimum atomic E-state index is -0.724. The topological polar surface area (TPSA) is 92.7 Å². The summed E-state index contributed by atoms with van der Waals surface area (Å²) in [4.78, 5) is 36.0. The van der Waals surface area contributed by atoms with E-state index in [4.69, 9.17) is 9.84 Å². The van der Waals surface area contributed by atoms with Crippen LogP contribution in [0.2, 0.25) is 0 Å². The van der Waals surface area contributed by atoms with Gasteiger partial charge in [0.25, 0.3) is 5.91 Å². The summed E-state index contributed by atoms with van der Waals surface area (Å²) in [5.74, 6) is 0.317. The summed E-state index contributed by atoms with van der Waals surface area (Å²) < 4.78 is 5.97. The number of amides is 1. The Balaban J connectivity index is 1.17. The highest BCUT2D eigenvalue weighted by atomic mass is 16.5. The smallest absolute Gasteiger partial charge is 0.306 e. The molecule has 0 saturated heterocycles. The summed E-state index contributed by atoms with van der Waals surface area (Å²) >= 11 is 0. The zero-order valence-corrected chi connectivity index (χ0v) is 19.7. The number of carbonyl (C=O) groups is 3. The number of hydrogen-bond acceptors (Lipinski definition) is 4. The quantitative estimate of drug-likeness (QED) is 0.369. The molecule has 0 heterocycles. The Morgan fingerprint density at radius 3 is 2.24 bits per heavy atom. The van der Waals surface area contributed by atoms with Gasteiger partial charge in [-0.25, -0.2) is 0 Å². The molecule has 180 valence electrons. The average molecular weight is 464 g/mol. The molecule has 2 aliphatic rings. The molecule has 34 heavy (non-hydrogen) atoms. The second-order valence-electron chi connectivity index (χ2n) is 9.58. The van der Waals surface area contributed by atoms with Gasteiger partial charge in [0.15, 0.2) is 5.78 Å². The van der Waals surface area contributed by atoms with E-state index in [1.165, 1.54) is 24.0 Å². The Bertz CT molecular complexity index is 1030. The molecule has 4 rings (SSSR count). The fourth-order valence-corrected chi connectivity index (χ4v) is 4.71. The maximum absolute atomic E-state index is 12.5. The van der Waals surface area contributed by atoms with Crippen LogP contribution >= 0.6 is 0 Å². The molecular weight excluding hydrogens is 430 g/mol. The standard InChI is InChI=1S/C28H33NO5/c1-18-17-22(10-15-25(18)19-4-5-19)27(31)29-16-2-3-26(30)20-6-11-23(12-7-20)34-24-13-8-21(9-14-24)28(32)33/h6-7,10-12,15,17,19,21,24H,2-5,8-9,13-14,16H2,1H3,(H,29,31)(H,32,33). The molecule has 0 aromatic heterocycles. The third-order valence-electron chi connectivity index (χ3n) is 6.92. The highest BCUT2D eigenvalue weighted by Gasteiger charge is 2.27. The van der Waals surface area contributed by atoms with Gasteiger partial charge >= 0.3 is 5.97 Å². The largest absolute Gasteiger partial charge is 0.490 e. The molecular formula is C28H33NO5. The van der Waals surface area contributed by atoms with Gasteiger partial charge in [0, 0.05) is 24.1 Å². The first-order chi connectivity index (χ1) is 16.4. The van der Waals surface area contributed by atoms with Crippen molar-refractivity contribution in [1.29, 1.82) is 0 Å². The number of aryl methyl sites for hydroxylation is 1. The Morgan fingerprint density at radius 1 is 0.941 bits per heavy atom. The molecule has 2 fully saturated rings. The molecule has 2 N–H and O–H groups in total. The second-order valence-corrected chi connectivity index (χ2v) is 9.58. The third-order valence-corrected chi connectivity index (χ3v) is 6.92. The van der Waals surface area contributed by atoms with Crippen molar-refractivity contribution in [2.24, 2.45) is 5.92 Å². The Morgan fingerprint density at radius 2 is 1.62 bits per heavy atom. The Kier molecular flexibility index (Phi) is 7.66. The molecule has 6 heteroatoms. The predicted octanol–water partition coefficient (Wildman–Crippen LogP) is 5.29. The van der Waals surface area contributed by atoms with Gasteiger partial charge < -0.3 is 15.2 Å². The molecule has 2 saturated carbocycles. The molecule has 0 unspecified atom stereocenters. The van der Waals surface area contributed by atoms with Crippen LogP contribution in [0.15, 0.2) is 42.5 Å². The van der Waals surface area contributed by atoms with Gasteiger partial charge in [-0.05, 0) is 105 Å². The van der Waals surface area contributed by atoms with E-state index in [-0.39, 0.29) is 23.7 Å². The monoisotopic (exact) mass is 463 g/mol. The van der Waals surface area contributed by atoms with Crippen LogP contribution in [0, 0.1) is 12.8 Å². The number of nitrogens with one attached hydrogen (secondary N) is 1. The average Bonchev–Trinajstić information content (AvgIpc) is 3.67. The molecule has 2 aliphatic carbocycles. The van der Waals surface area contributed by atoms with Crippen molar-refractivity contribution in [3.8, 4) is 5.75 Å². The highest BCUT2D eigenvalue weighted by Crippen LogP contribution is 2.41. The van der Waals surface area contributed by atoms with Gasteiger partial charge in [-0.1, -0.05) is 6.07 Å². The second kappa shape index (κ2) is 10.9. The number of Topliss-reactive ketones (excluding diaryl/α,β-unsaturated/α-hetero) is 1. The molecule has 2 aromatic rings. The van der Waals surface area contributed by atoms with Crippen molar-refractivity contribution in [3.05, 3.63) is 64.7 Å². The number of aliphatic carboxylic acids is 1. The summed E-state index contributed by atoms with van der Waals surface area (Å²) in [5, 5.41) is 12.0. The minimum absolute atomic E-state index is 0.0226. The number of ether oxygens (including phenoxy) is 1. The summed E-state index contributed by atoms with van der Waals surface area (Å²) in [7, 11) is 0. The molecule has 0 bridgehead atoms. The normalized spacial score (nSPS) is 19.9. The number of rotatable bonds is 10. The van der Waals surface area contributed by atoms with Crippen molar-refractivity contribution in [1.82, 2.24) is 5.32 Å². The van der Waals surface area contributed by atoms with Crippen molar-refractivity contribution in [2.75, 3.05) is 6.54 Å². The van der Waals surface area contributed by atoms with Gasteiger partial charge in [-0.3, -0.25) is 14.4 Å². The molecule has 1 amide bonds. The van der Waals surface area contributed by atoms with Crippen LogP contribution in [0.4, 0.5) is 0 Å². The summed E-state index contributed by atoms with van der Waals surface area (Å²) in [6.45, 7) is 2.51. The number of carbonyl (C=O) groups excluding carboxylic acids is 2. The lowest BCUT2D eigenvalue weighted by Crippen LogP contribution is -2.27. The zero-order valence-electron chi connectivity index (χ0n) is 19.7. The minimum Gasteiger partial charge on any atom is -0.490 e. The Hall–Kier alpha value is -3.15. The van der Waals surface area contributed by atoms with Gasteiger partial charge in [-0.2, -0.15) is 0 Å². The van der Waals surface area contributed by atoms with Crippen molar-refractivity contribution in [2.45, 2.75) is 70.3 Å². The number of ketones is 1. The van der Waals surface area contributed by atoms with E-state index in [2.05, 4.69) is 18.3 Å². The van der Waals surface area contributed by atoms with E-state index < -0.39 is 5.97 Å². The first-order valence-electron chi connectivity index (χ1n) is 12.3. The fourth-order valence-electron chi connectivity index (χ4n) is 4.71.